The van der Waals surface area contributed by atoms with E-state index in [1.807, 2.05) is 0 Å². The zero-order valence-corrected chi connectivity index (χ0v) is 14.1. The van der Waals surface area contributed by atoms with E-state index in [0.717, 1.165) is 35.5 Å². The minimum atomic E-state index is -0.0750. The molecule has 0 bridgehead atoms. The van der Waals surface area contributed by atoms with Gasteiger partial charge in [-0.2, -0.15) is 5.10 Å². The van der Waals surface area contributed by atoms with Crippen molar-refractivity contribution < 1.29 is 0 Å². The molecule has 0 spiro atoms. The number of hydrogen-bond acceptors (Lipinski definition) is 2. The van der Waals surface area contributed by atoms with Crippen molar-refractivity contribution in [1.29, 1.82) is 0 Å². The smallest absolute Gasteiger partial charge is 0.0738 e. The second-order valence-corrected chi connectivity index (χ2v) is 7.15. The summed E-state index contributed by atoms with van der Waals surface area (Å²) in [5, 5.41) is 4.58. The van der Waals surface area contributed by atoms with E-state index in [-0.39, 0.29) is 5.54 Å². The molecular formula is C15H26BrN3. The first-order valence-electron chi connectivity index (χ1n) is 7.38. The molecule has 0 aliphatic heterocycles. The molecule has 1 fully saturated rings. The van der Waals surface area contributed by atoms with Gasteiger partial charge in [-0.05, 0) is 60.9 Å². The summed E-state index contributed by atoms with van der Waals surface area (Å²) in [4.78, 5) is 0. The van der Waals surface area contributed by atoms with Crippen LogP contribution in [0.4, 0.5) is 0 Å². The molecule has 0 saturated heterocycles. The zero-order valence-electron chi connectivity index (χ0n) is 12.5. The molecule has 0 radical (unpaired) electrons. The fourth-order valence-corrected chi connectivity index (χ4v) is 3.75. The molecule has 1 aromatic rings. The van der Waals surface area contributed by atoms with Crippen LogP contribution in [0.1, 0.15) is 51.4 Å². The molecule has 2 rings (SSSR count). The van der Waals surface area contributed by atoms with Gasteiger partial charge in [-0.15, -0.1) is 0 Å². The average Bonchev–Trinajstić information content (AvgIpc) is 2.62. The van der Waals surface area contributed by atoms with Crippen molar-refractivity contribution in [3.63, 3.8) is 0 Å². The van der Waals surface area contributed by atoms with Gasteiger partial charge in [0.1, 0.15) is 0 Å². The maximum absolute atomic E-state index is 6.74. The molecule has 4 heteroatoms. The van der Waals surface area contributed by atoms with E-state index in [2.05, 4.69) is 53.4 Å². The molecule has 0 amide bonds. The summed E-state index contributed by atoms with van der Waals surface area (Å²) in [6, 6.07) is 0. The number of nitrogens with zero attached hydrogens (tertiary/aromatic N) is 2. The number of halogens is 1. The van der Waals surface area contributed by atoms with Gasteiger partial charge in [0.05, 0.1) is 15.9 Å². The quantitative estimate of drug-likeness (QED) is 0.920. The van der Waals surface area contributed by atoms with E-state index < -0.39 is 0 Å². The highest BCUT2D eigenvalue weighted by Gasteiger charge is 2.38. The van der Waals surface area contributed by atoms with Crippen LogP contribution in [0.2, 0.25) is 0 Å². The highest BCUT2D eigenvalue weighted by atomic mass is 79.9. The molecule has 19 heavy (non-hydrogen) atoms. The van der Waals surface area contributed by atoms with Gasteiger partial charge in [0.15, 0.2) is 0 Å². The molecule has 1 heterocycles. The van der Waals surface area contributed by atoms with Crippen molar-refractivity contribution in [3.8, 4) is 0 Å². The third-order valence-electron chi connectivity index (χ3n) is 4.79. The number of aromatic nitrogens is 2. The predicted molar refractivity (Wildman–Crippen MR) is 83.1 cm³/mol. The van der Waals surface area contributed by atoms with Crippen molar-refractivity contribution in [1.82, 2.24) is 9.78 Å². The lowest BCUT2D eigenvalue weighted by Crippen LogP contribution is -2.51. The Balaban J connectivity index is 2.25. The number of nitrogens with two attached hydrogens (primary N) is 1. The number of hydrogen-bond donors (Lipinski definition) is 1. The fourth-order valence-electron chi connectivity index (χ4n) is 3.33. The summed E-state index contributed by atoms with van der Waals surface area (Å²) in [5.74, 6) is 1.39. The van der Waals surface area contributed by atoms with Crippen molar-refractivity contribution in [2.75, 3.05) is 0 Å². The van der Waals surface area contributed by atoms with Crippen LogP contribution in [-0.2, 0) is 13.0 Å². The summed E-state index contributed by atoms with van der Waals surface area (Å²) in [7, 11) is 0. The standard InChI is InChI=1S/C15H26BrN3/c1-5-19-13(14(16)12(4)18-19)9-15(17)7-6-10(2)8-11(15)3/h10-11H,5-9,17H2,1-4H3. The Bertz CT molecular complexity index is 454. The molecule has 2 N–H and O–H groups in total. The molecule has 108 valence electrons. The minimum Gasteiger partial charge on any atom is -0.325 e. The van der Waals surface area contributed by atoms with Gasteiger partial charge in [-0.3, -0.25) is 4.68 Å². The first-order chi connectivity index (χ1) is 8.87. The Hall–Kier alpha value is -0.350. The van der Waals surface area contributed by atoms with E-state index in [1.54, 1.807) is 0 Å². The summed E-state index contributed by atoms with van der Waals surface area (Å²) in [5.41, 5.74) is 9.00. The van der Waals surface area contributed by atoms with Crippen molar-refractivity contribution in [2.24, 2.45) is 17.6 Å². The van der Waals surface area contributed by atoms with Crippen LogP contribution in [0.3, 0.4) is 0 Å². The van der Waals surface area contributed by atoms with Crippen LogP contribution in [0, 0.1) is 18.8 Å². The number of aryl methyl sites for hydroxylation is 2. The Morgan fingerprint density at radius 2 is 2.16 bits per heavy atom. The highest BCUT2D eigenvalue weighted by molar-refractivity contribution is 9.10. The maximum Gasteiger partial charge on any atom is 0.0738 e. The van der Waals surface area contributed by atoms with E-state index in [9.17, 15) is 0 Å². The largest absolute Gasteiger partial charge is 0.325 e. The van der Waals surface area contributed by atoms with E-state index >= 15 is 0 Å². The molecule has 3 atom stereocenters. The monoisotopic (exact) mass is 327 g/mol. The molecule has 3 nitrogen and oxygen atoms in total. The Morgan fingerprint density at radius 1 is 1.47 bits per heavy atom. The van der Waals surface area contributed by atoms with Crippen LogP contribution < -0.4 is 5.73 Å². The van der Waals surface area contributed by atoms with Crippen LogP contribution in [-0.4, -0.2) is 15.3 Å². The van der Waals surface area contributed by atoms with Crippen molar-refractivity contribution in [2.45, 2.75) is 65.5 Å². The Kier molecular flexibility index (Phi) is 4.41. The van der Waals surface area contributed by atoms with Crippen LogP contribution in [0.15, 0.2) is 4.47 Å². The minimum absolute atomic E-state index is 0.0750. The third kappa shape index (κ3) is 2.89. The predicted octanol–water partition coefficient (Wildman–Crippen LogP) is 3.67. The fraction of sp³-hybridized carbons (Fsp3) is 0.800. The van der Waals surface area contributed by atoms with Gasteiger partial charge in [0.2, 0.25) is 0 Å². The van der Waals surface area contributed by atoms with Gasteiger partial charge in [-0.25, -0.2) is 0 Å². The van der Waals surface area contributed by atoms with E-state index in [1.165, 1.54) is 18.5 Å². The second-order valence-electron chi connectivity index (χ2n) is 6.35. The van der Waals surface area contributed by atoms with Gasteiger partial charge in [-0.1, -0.05) is 13.8 Å². The first kappa shape index (κ1) is 15.0. The maximum atomic E-state index is 6.74. The zero-order chi connectivity index (χ0) is 14.2. The first-order valence-corrected chi connectivity index (χ1v) is 8.17. The van der Waals surface area contributed by atoms with Crippen LogP contribution in [0.25, 0.3) is 0 Å². The molecular weight excluding hydrogens is 302 g/mol. The Morgan fingerprint density at radius 3 is 2.74 bits per heavy atom. The van der Waals surface area contributed by atoms with E-state index in [4.69, 9.17) is 5.73 Å². The summed E-state index contributed by atoms with van der Waals surface area (Å²) in [6.45, 7) is 9.74. The average molecular weight is 328 g/mol. The molecule has 1 aromatic heterocycles. The van der Waals surface area contributed by atoms with Crippen LogP contribution in [0.5, 0.6) is 0 Å². The molecule has 3 unspecified atom stereocenters. The third-order valence-corrected chi connectivity index (χ3v) is 5.82. The lowest BCUT2D eigenvalue weighted by Gasteiger charge is -2.42. The second kappa shape index (κ2) is 5.57. The Labute approximate surface area is 125 Å². The van der Waals surface area contributed by atoms with Crippen molar-refractivity contribution >= 4 is 15.9 Å². The topological polar surface area (TPSA) is 43.8 Å². The summed E-state index contributed by atoms with van der Waals surface area (Å²) >= 11 is 3.69. The van der Waals surface area contributed by atoms with E-state index in [0.29, 0.717) is 5.92 Å². The van der Waals surface area contributed by atoms with Crippen molar-refractivity contribution in [3.05, 3.63) is 15.9 Å². The summed E-state index contributed by atoms with van der Waals surface area (Å²) < 4.78 is 3.24. The lowest BCUT2D eigenvalue weighted by atomic mass is 9.68. The molecule has 1 aliphatic rings. The van der Waals surface area contributed by atoms with Gasteiger partial charge in [0.25, 0.3) is 0 Å². The van der Waals surface area contributed by atoms with Crippen LogP contribution >= 0.6 is 15.9 Å². The van der Waals surface area contributed by atoms with Gasteiger partial charge in [0, 0.05) is 18.5 Å². The molecule has 1 saturated carbocycles. The summed E-state index contributed by atoms with van der Waals surface area (Å²) in [6.07, 6.45) is 4.54. The molecule has 1 aliphatic carbocycles. The van der Waals surface area contributed by atoms with Gasteiger partial charge < -0.3 is 5.73 Å². The highest BCUT2D eigenvalue weighted by Crippen LogP contribution is 2.38. The SMILES string of the molecule is CCn1nc(C)c(Br)c1CC1(N)CCC(C)CC1C. The number of rotatable bonds is 3. The lowest BCUT2D eigenvalue weighted by molar-refractivity contribution is 0.161. The van der Waals surface area contributed by atoms with Gasteiger partial charge >= 0.3 is 0 Å². The normalized spacial score (nSPS) is 31.7. The molecule has 0 aromatic carbocycles.